The highest BCUT2D eigenvalue weighted by Gasteiger charge is 2.16. The Kier molecular flexibility index (Phi) is 4.39. The van der Waals surface area contributed by atoms with Crippen molar-refractivity contribution in [3.05, 3.63) is 57.8 Å². The Morgan fingerprint density at radius 3 is 2.40 bits per heavy atom. The number of ketones is 1. The van der Waals surface area contributed by atoms with E-state index in [4.69, 9.17) is 0 Å². The lowest BCUT2D eigenvalue weighted by Crippen LogP contribution is -2.12. The second-order valence-corrected chi connectivity index (χ2v) is 5.27. The fraction of sp³-hybridized carbons (Fsp3) is 0.200. The maximum absolute atomic E-state index is 12.4. The molecule has 4 nitrogen and oxygen atoms in total. The van der Waals surface area contributed by atoms with Crippen LogP contribution in [0.1, 0.15) is 21.7 Å². The first kappa shape index (κ1) is 14.5. The van der Waals surface area contributed by atoms with Gasteiger partial charge in [0.25, 0.3) is 0 Å². The highest BCUT2D eigenvalue weighted by atomic mass is 79.9. The second kappa shape index (κ2) is 6.05. The number of benzene rings is 1. The van der Waals surface area contributed by atoms with Crippen molar-refractivity contribution in [1.82, 2.24) is 4.57 Å². The zero-order valence-electron chi connectivity index (χ0n) is 11.2. The standard InChI is InChI=1S/C15H14BrNO3/c1-17-12(9-14(18)20-2)7-8-13(17)15(19)10-3-5-11(16)6-4-10/h3-8H,9H2,1-2H3. The number of hydrogen-bond acceptors (Lipinski definition) is 3. The average molecular weight is 336 g/mol. The summed E-state index contributed by atoms with van der Waals surface area (Å²) in [6, 6.07) is 10.7. The molecule has 0 spiro atoms. The summed E-state index contributed by atoms with van der Waals surface area (Å²) in [6.07, 6.45) is 0.153. The van der Waals surface area contributed by atoms with Crippen LogP contribution in [0.5, 0.6) is 0 Å². The minimum atomic E-state index is -0.325. The molecule has 0 aliphatic rings. The number of carbonyl (C=O) groups excluding carboxylic acids is 2. The molecule has 0 atom stereocenters. The van der Waals surface area contributed by atoms with Gasteiger partial charge in [-0.05, 0) is 36.4 Å². The first-order valence-corrected chi connectivity index (χ1v) is 6.84. The molecule has 1 heterocycles. The minimum Gasteiger partial charge on any atom is -0.469 e. The third-order valence-corrected chi connectivity index (χ3v) is 3.65. The number of esters is 1. The summed E-state index contributed by atoms with van der Waals surface area (Å²) in [5.41, 5.74) is 1.91. The topological polar surface area (TPSA) is 48.3 Å². The maximum atomic E-state index is 12.4. The molecule has 104 valence electrons. The number of ether oxygens (including phenoxy) is 1. The van der Waals surface area contributed by atoms with Gasteiger partial charge >= 0.3 is 5.97 Å². The first-order valence-electron chi connectivity index (χ1n) is 6.04. The summed E-state index contributed by atoms with van der Waals surface area (Å²) in [6.45, 7) is 0. The van der Waals surface area contributed by atoms with Gasteiger partial charge in [-0.15, -0.1) is 0 Å². The van der Waals surface area contributed by atoms with Crippen molar-refractivity contribution in [3.8, 4) is 0 Å². The van der Waals surface area contributed by atoms with Gasteiger partial charge in [0.15, 0.2) is 0 Å². The van der Waals surface area contributed by atoms with Crippen molar-refractivity contribution in [2.75, 3.05) is 7.11 Å². The molecule has 20 heavy (non-hydrogen) atoms. The maximum Gasteiger partial charge on any atom is 0.311 e. The molecule has 0 saturated heterocycles. The molecule has 0 radical (unpaired) electrons. The molecular formula is C15H14BrNO3. The van der Waals surface area contributed by atoms with Crippen LogP contribution >= 0.6 is 15.9 Å². The van der Waals surface area contributed by atoms with Crippen molar-refractivity contribution >= 4 is 27.7 Å². The summed E-state index contributed by atoms with van der Waals surface area (Å²) in [7, 11) is 3.11. The number of nitrogens with zero attached hydrogens (tertiary/aromatic N) is 1. The van der Waals surface area contributed by atoms with E-state index < -0.39 is 0 Å². The summed E-state index contributed by atoms with van der Waals surface area (Å²) in [5.74, 6) is -0.398. The molecule has 0 aliphatic carbocycles. The molecule has 0 bridgehead atoms. The lowest BCUT2D eigenvalue weighted by molar-refractivity contribution is -0.139. The molecular weight excluding hydrogens is 322 g/mol. The summed E-state index contributed by atoms with van der Waals surface area (Å²) in [5, 5.41) is 0. The van der Waals surface area contributed by atoms with Gasteiger partial charge in [-0.1, -0.05) is 15.9 Å². The molecule has 2 rings (SSSR count). The van der Waals surface area contributed by atoms with Crippen molar-refractivity contribution in [2.45, 2.75) is 6.42 Å². The molecule has 0 amide bonds. The van der Waals surface area contributed by atoms with E-state index in [1.807, 2.05) is 12.1 Å². The van der Waals surface area contributed by atoms with E-state index in [0.717, 1.165) is 10.2 Å². The second-order valence-electron chi connectivity index (χ2n) is 4.36. The highest BCUT2D eigenvalue weighted by molar-refractivity contribution is 9.10. The van der Waals surface area contributed by atoms with Gasteiger partial charge in [-0.25, -0.2) is 0 Å². The van der Waals surface area contributed by atoms with E-state index in [2.05, 4.69) is 20.7 Å². The third kappa shape index (κ3) is 2.99. The Morgan fingerprint density at radius 1 is 1.15 bits per heavy atom. The summed E-state index contributed by atoms with van der Waals surface area (Å²) < 4.78 is 7.28. The van der Waals surface area contributed by atoms with Crippen LogP contribution in [-0.4, -0.2) is 23.4 Å². The predicted molar refractivity (Wildman–Crippen MR) is 78.7 cm³/mol. The Morgan fingerprint density at radius 2 is 1.80 bits per heavy atom. The van der Waals surface area contributed by atoms with Crippen LogP contribution in [0.2, 0.25) is 0 Å². The number of methoxy groups -OCH3 is 1. The normalized spacial score (nSPS) is 10.3. The van der Waals surface area contributed by atoms with Crippen LogP contribution in [0.4, 0.5) is 0 Å². The molecule has 5 heteroatoms. The number of halogens is 1. The molecule has 1 aromatic heterocycles. The van der Waals surface area contributed by atoms with E-state index in [1.165, 1.54) is 7.11 Å². The van der Waals surface area contributed by atoms with Crippen LogP contribution in [-0.2, 0) is 23.0 Å². The monoisotopic (exact) mass is 335 g/mol. The number of rotatable bonds is 4. The quantitative estimate of drug-likeness (QED) is 0.637. The van der Waals surface area contributed by atoms with Crippen molar-refractivity contribution in [2.24, 2.45) is 7.05 Å². The number of hydrogen-bond donors (Lipinski definition) is 0. The zero-order chi connectivity index (χ0) is 14.7. The van der Waals surface area contributed by atoms with Gasteiger partial charge in [0, 0.05) is 22.8 Å². The molecule has 0 unspecified atom stereocenters. The average Bonchev–Trinajstić information content (AvgIpc) is 2.80. The van der Waals surface area contributed by atoms with Gasteiger partial charge in [0.1, 0.15) is 0 Å². The van der Waals surface area contributed by atoms with Crippen LogP contribution in [0.3, 0.4) is 0 Å². The zero-order valence-corrected chi connectivity index (χ0v) is 12.8. The van der Waals surface area contributed by atoms with Gasteiger partial charge in [0.05, 0.1) is 19.2 Å². The van der Waals surface area contributed by atoms with Crippen molar-refractivity contribution in [1.29, 1.82) is 0 Å². The van der Waals surface area contributed by atoms with Gasteiger partial charge in [0.2, 0.25) is 5.78 Å². The van der Waals surface area contributed by atoms with E-state index in [-0.39, 0.29) is 18.2 Å². The lowest BCUT2D eigenvalue weighted by atomic mass is 10.1. The smallest absolute Gasteiger partial charge is 0.311 e. The molecule has 0 aliphatic heterocycles. The number of carbonyl (C=O) groups is 2. The van der Waals surface area contributed by atoms with Crippen LogP contribution in [0.25, 0.3) is 0 Å². The van der Waals surface area contributed by atoms with E-state index >= 15 is 0 Å². The van der Waals surface area contributed by atoms with Crippen LogP contribution in [0, 0.1) is 0 Å². The summed E-state index contributed by atoms with van der Waals surface area (Å²) >= 11 is 3.34. The van der Waals surface area contributed by atoms with Crippen LogP contribution in [0.15, 0.2) is 40.9 Å². The van der Waals surface area contributed by atoms with E-state index in [0.29, 0.717) is 11.3 Å². The number of aromatic nitrogens is 1. The van der Waals surface area contributed by atoms with E-state index in [1.54, 1.807) is 35.9 Å². The molecule has 0 saturated carbocycles. The Bertz CT molecular complexity index is 644. The minimum absolute atomic E-state index is 0.0730. The predicted octanol–water partition coefficient (Wildman–Crippen LogP) is 2.73. The third-order valence-electron chi connectivity index (χ3n) is 3.12. The fourth-order valence-electron chi connectivity index (χ4n) is 1.93. The van der Waals surface area contributed by atoms with Crippen molar-refractivity contribution in [3.63, 3.8) is 0 Å². The fourth-order valence-corrected chi connectivity index (χ4v) is 2.19. The van der Waals surface area contributed by atoms with Crippen LogP contribution < -0.4 is 0 Å². The molecule has 1 aromatic carbocycles. The van der Waals surface area contributed by atoms with Gasteiger partial charge in [-0.3, -0.25) is 9.59 Å². The largest absolute Gasteiger partial charge is 0.469 e. The molecule has 0 fully saturated rings. The SMILES string of the molecule is COC(=O)Cc1ccc(C(=O)c2ccc(Br)cc2)n1C. The highest BCUT2D eigenvalue weighted by Crippen LogP contribution is 2.16. The van der Waals surface area contributed by atoms with E-state index in [9.17, 15) is 9.59 Å². The lowest BCUT2D eigenvalue weighted by Gasteiger charge is -2.06. The Hall–Kier alpha value is -1.88. The Labute approximate surface area is 125 Å². The van der Waals surface area contributed by atoms with Crippen molar-refractivity contribution < 1.29 is 14.3 Å². The van der Waals surface area contributed by atoms with Gasteiger partial charge < -0.3 is 9.30 Å². The molecule has 2 aromatic rings. The van der Waals surface area contributed by atoms with Gasteiger partial charge in [-0.2, -0.15) is 0 Å². The molecule has 0 N–H and O–H groups in total. The summed E-state index contributed by atoms with van der Waals surface area (Å²) in [4.78, 5) is 23.7. The Balaban J connectivity index is 2.27. The first-order chi connectivity index (χ1) is 9.52.